The number of para-hydroxylation sites is 1. The molecule has 0 spiro atoms. The van der Waals surface area contributed by atoms with Crippen molar-refractivity contribution in [3.63, 3.8) is 0 Å². The lowest BCUT2D eigenvalue weighted by Gasteiger charge is -2.12. The van der Waals surface area contributed by atoms with E-state index in [1.165, 1.54) is 24.3 Å². The summed E-state index contributed by atoms with van der Waals surface area (Å²) < 4.78 is 32.6. The van der Waals surface area contributed by atoms with Crippen LogP contribution in [-0.2, 0) is 10.0 Å². The molecule has 1 heterocycles. The molecule has 2 aromatic carbocycles. The van der Waals surface area contributed by atoms with Crippen molar-refractivity contribution in [2.24, 2.45) is 0 Å². The Morgan fingerprint density at radius 1 is 1.00 bits per heavy atom. The van der Waals surface area contributed by atoms with E-state index >= 15 is 0 Å². The minimum absolute atomic E-state index is 0.123. The van der Waals surface area contributed by atoms with Gasteiger partial charge in [0.15, 0.2) is 0 Å². The van der Waals surface area contributed by atoms with Crippen LogP contribution in [-0.4, -0.2) is 20.4 Å². The summed E-state index contributed by atoms with van der Waals surface area (Å²) in [7, 11) is -3.58. The highest BCUT2D eigenvalue weighted by molar-refractivity contribution is 7.89. The normalized spacial score (nSPS) is 13.0. The van der Waals surface area contributed by atoms with Crippen LogP contribution in [0.2, 0.25) is 0 Å². The number of benzene rings is 2. The third kappa shape index (κ3) is 4.37. The quantitative estimate of drug-likeness (QED) is 0.677. The molecule has 6 nitrogen and oxygen atoms in total. The highest BCUT2D eigenvalue weighted by atomic mass is 32.2. The van der Waals surface area contributed by atoms with E-state index < -0.39 is 10.0 Å². The van der Waals surface area contributed by atoms with Crippen LogP contribution in [0.5, 0.6) is 0 Å². The number of hydrogen-bond donors (Lipinski definition) is 2. The predicted molar refractivity (Wildman–Crippen MR) is 104 cm³/mol. The zero-order chi connectivity index (χ0) is 19.6. The Bertz CT molecular complexity index is 1020. The molecule has 0 fully saturated rings. The molecule has 1 aromatic heterocycles. The molecule has 0 bridgehead atoms. The number of carbonyl (C=O) groups is 1. The number of amides is 1. The lowest BCUT2D eigenvalue weighted by molar-refractivity contribution is 0.0935. The summed E-state index contributed by atoms with van der Waals surface area (Å²) in [6, 6.07) is 14.8. The van der Waals surface area contributed by atoms with Crippen molar-refractivity contribution in [2.45, 2.75) is 37.8 Å². The summed E-state index contributed by atoms with van der Waals surface area (Å²) >= 11 is 0. The van der Waals surface area contributed by atoms with Crippen molar-refractivity contribution in [3.05, 3.63) is 65.9 Å². The van der Waals surface area contributed by atoms with Crippen LogP contribution in [0.1, 0.15) is 42.9 Å². The van der Waals surface area contributed by atoms with Crippen molar-refractivity contribution in [2.75, 3.05) is 0 Å². The average Bonchev–Trinajstić information content (AvgIpc) is 3.05. The lowest BCUT2D eigenvalue weighted by atomic mass is 10.1. The fourth-order valence-corrected chi connectivity index (χ4v) is 3.98. The number of nitrogens with one attached hydrogen (secondary N) is 2. The number of furan rings is 1. The Morgan fingerprint density at radius 2 is 1.67 bits per heavy atom. The number of hydrogen-bond acceptors (Lipinski definition) is 4. The summed E-state index contributed by atoms with van der Waals surface area (Å²) in [6.07, 6.45) is 0. The molecule has 142 valence electrons. The molecule has 0 aliphatic heterocycles. The third-order valence-corrected chi connectivity index (χ3v) is 5.71. The van der Waals surface area contributed by atoms with Gasteiger partial charge in [0.05, 0.1) is 10.9 Å². The molecule has 1 amide bonds. The van der Waals surface area contributed by atoms with E-state index in [2.05, 4.69) is 10.0 Å². The van der Waals surface area contributed by atoms with E-state index in [4.69, 9.17) is 4.42 Å². The Labute approximate surface area is 158 Å². The van der Waals surface area contributed by atoms with Gasteiger partial charge in [-0.15, -0.1) is 0 Å². The summed E-state index contributed by atoms with van der Waals surface area (Å²) in [4.78, 5) is 12.6. The molecule has 0 saturated carbocycles. The van der Waals surface area contributed by atoms with Crippen LogP contribution in [0.3, 0.4) is 0 Å². The van der Waals surface area contributed by atoms with Crippen molar-refractivity contribution in [1.82, 2.24) is 10.0 Å². The van der Waals surface area contributed by atoms with Crippen molar-refractivity contribution in [3.8, 4) is 0 Å². The molecule has 0 radical (unpaired) electrons. The van der Waals surface area contributed by atoms with Gasteiger partial charge in [-0.05, 0) is 57.2 Å². The molecule has 1 unspecified atom stereocenters. The number of sulfonamides is 1. The van der Waals surface area contributed by atoms with E-state index in [1.54, 1.807) is 13.8 Å². The van der Waals surface area contributed by atoms with Gasteiger partial charge in [-0.3, -0.25) is 4.79 Å². The highest BCUT2D eigenvalue weighted by Gasteiger charge is 2.18. The predicted octanol–water partition coefficient (Wildman–Crippen LogP) is 3.61. The monoisotopic (exact) mass is 386 g/mol. The van der Waals surface area contributed by atoms with Gasteiger partial charge in [0, 0.05) is 17.0 Å². The first-order valence-electron chi connectivity index (χ1n) is 8.68. The topological polar surface area (TPSA) is 88.4 Å². The summed E-state index contributed by atoms with van der Waals surface area (Å²) in [5, 5.41) is 3.84. The molecule has 0 saturated heterocycles. The van der Waals surface area contributed by atoms with Gasteiger partial charge in [0.1, 0.15) is 11.3 Å². The van der Waals surface area contributed by atoms with Crippen LogP contribution in [0.15, 0.2) is 63.9 Å². The van der Waals surface area contributed by atoms with E-state index in [0.717, 1.165) is 11.0 Å². The largest absolute Gasteiger partial charge is 0.459 e. The third-order valence-electron chi connectivity index (χ3n) is 4.04. The standard InChI is InChI=1S/C20H22N2O4S/c1-13(2)22-27(24,25)17-10-8-15(9-11-17)20(23)21-14(3)19-12-16-6-4-5-7-18(16)26-19/h4-14,22H,1-3H3,(H,21,23). The second-order valence-corrected chi connectivity index (χ2v) is 8.40. The van der Waals surface area contributed by atoms with Crippen molar-refractivity contribution in [1.29, 1.82) is 0 Å². The van der Waals surface area contributed by atoms with E-state index in [0.29, 0.717) is 11.3 Å². The van der Waals surface area contributed by atoms with Gasteiger partial charge in [-0.1, -0.05) is 18.2 Å². The zero-order valence-electron chi connectivity index (χ0n) is 15.4. The Kier molecular flexibility index (Phi) is 5.34. The van der Waals surface area contributed by atoms with Gasteiger partial charge in [0.2, 0.25) is 10.0 Å². The molecule has 0 aliphatic carbocycles. The number of rotatable bonds is 6. The first-order valence-corrected chi connectivity index (χ1v) is 10.2. The van der Waals surface area contributed by atoms with Gasteiger partial charge in [0.25, 0.3) is 5.91 Å². The van der Waals surface area contributed by atoms with E-state index in [9.17, 15) is 13.2 Å². The molecule has 7 heteroatoms. The average molecular weight is 386 g/mol. The summed E-state index contributed by atoms with van der Waals surface area (Å²) in [5.74, 6) is 0.355. The minimum Gasteiger partial charge on any atom is -0.459 e. The minimum atomic E-state index is -3.58. The second kappa shape index (κ2) is 7.54. The van der Waals surface area contributed by atoms with Gasteiger partial charge < -0.3 is 9.73 Å². The van der Waals surface area contributed by atoms with Crippen LogP contribution in [0, 0.1) is 0 Å². The second-order valence-electron chi connectivity index (χ2n) is 6.68. The molecule has 0 aliphatic rings. The molecule has 1 atom stereocenters. The van der Waals surface area contributed by atoms with Crippen molar-refractivity contribution >= 4 is 26.9 Å². The summed E-state index contributed by atoms with van der Waals surface area (Å²) in [5.41, 5.74) is 1.14. The van der Waals surface area contributed by atoms with Crippen LogP contribution < -0.4 is 10.0 Å². The van der Waals surface area contributed by atoms with Gasteiger partial charge >= 0.3 is 0 Å². The molecule has 3 rings (SSSR count). The maximum Gasteiger partial charge on any atom is 0.251 e. The zero-order valence-corrected chi connectivity index (χ0v) is 16.2. The van der Waals surface area contributed by atoms with Crippen LogP contribution in [0.4, 0.5) is 0 Å². The molecule has 3 aromatic rings. The fourth-order valence-electron chi connectivity index (χ4n) is 2.73. The maximum absolute atomic E-state index is 12.5. The van der Waals surface area contributed by atoms with Gasteiger partial charge in [-0.25, -0.2) is 13.1 Å². The Hall–Kier alpha value is -2.64. The molecule has 27 heavy (non-hydrogen) atoms. The maximum atomic E-state index is 12.5. The smallest absolute Gasteiger partial charge is 0.251 e. The van der Waals surface area contributed by atoms with Crippen molar-refractivity contribution < 1.29 is 17.6 Å². The van der Waals surface area contributed by atoms with Crippen LogP contribution >= 0.6 is 0 Å². The first-order chi connectivity index (χ1) is 12.8. The van der Waals surface area contributed by atoms with Gasteiger partial charge in [-0.2, -0.15) is 0 Å². The molecule has 2 N–H and O–H groups in total. The fraction of sp³-hybridized carbons (Fsp3) is 0.250. The Morgan fingerprint density at radius 3 is 2.30 bits per heavy atom. The van der Waals surface area contributed by atoms with Crippen LogP contribution in [0.25, 0.3) is 11.0 Å². The SMILES string of the molecule is CC(C)NS(=O)(=O)c1ccc(C(=O)NC(C)c2cc3ccccc3o2)cc1. The number of fused-ring (bicyclic) bond motifs is 1. The van der Waals surface area contributed by atoms with E-state index in [-0.39, 0.29) is 22.9 Å². The Balaban J connectivity index is 1.72. The highest BCUT2D eigenvalue weighted by Crippen LogP contribution is 2.24. The molecular formula is C20H22N2O4S. The summed E-state index contributed by atoms with van der Waals surface area (Å²) in [6.45, 7) is 5.33. The number of carbonyl (C=O) groups excluding carboxylic acids is 1. The molecular weight excluding hydrogens is 364 g/mol. The lowest BCUT2D eigenvalue weighted by Crippen LogP contribution is -2.30. The van der Waals surface area contributed by atoms with E-state index in [1.807, 2.05) is 37.3 Å². The first kappa shape index (κ1) is 19.1.